The summed E-state index contributed by atoms with van der Waals surface area (Å²) in [6.45, 7) is 3.26. The predicted molar refractivity (Wildman–Crippen MR) is 63.2 cm³/mol. The Balaban J connectivity index is 3.07. The van der Waals surface area contributed by atoms with Gasteiger partial charge in [-0.3, -0.25) is 0 Å². The van der Waals surface area contributed by atoms with Gasteiger partial charge in [0.1, 0.15) is 0 Å². The van der Waals surface area contributed by atoms with Crippen molar-refractivity contribution in [2.24, 2.45) is 11.7 Å². The maximum absolute atomic E-state index is 12.6. The van der Waals surface area contributed by atoms with Crippen molar-refractivity contribution in [2.75, 3.05) is 0 Å². The Morgan fingerprint density at radius 1 is 0.950 bits per heavy atom. The van der Waals surface area contributed by atoms with E-state index in [9.17, 15) is 26.3 Å². The molecule has 1 unspecified atom stereocenters. The Kier molecular flexibility index (Phi) is 4.74. The van der Waals surface area contributed by atoms with E-state index in [4.69, 9.17) is 5.73 Å². The smallest absolute Gasteiger partial charge is 0.327 e. The van der Waals surface area contributed by atoms with E-state index < -0.39 is 30.7 Å². The number of nitrogens with two attached hydrogens (primary N) is 1. The summed E-state index contributed by atoms with van der Waals surface area (Å²) in [6, 6.07) is 2.89. The van der Waals surface area contributed by atoms with E-state index in [1.807, 2.05) is 0 Å². The van der Waals surface area contributed by atoms with Gasteiger partial charge in [0.05, 0.1) is 0 Å². The quantitative estimate of drug-likeness (QED) is 0.841. The molecule has 2 N–H and O–H groups in total. The molecule has 7 heteroatoms. The van der Waals surface area contributed by atoms with Gasteiger partial charge in [0.15, 0.2) is 5.92 Å². The molecular formula is C13H15F6N. The van der Waals surface area contributed by atoms with Crippen LogP contribution >= 0.6 is 0 Å². The molecule has 0 aliphatic carbocycles. The predicted octanol–water partition coefficient (Wildman–Crippen LogP) is 3.91. The van der Waals surface area contributed by atoms with Crippen LogP contribution in [-0.2, 0) is 6.42 Å². The number of halogens is 6. The van der Waals surface area contributed by atoms with Crippen LogP contribution in [0.3, 0.4) is 0 Å². The molecule has 1 rings (SSSR count). The molecule has 20 heavy (non-hydrogen) atoms. The van der Waals surface area contributed by atoms with E-state index in [1.54, 1.807) is 32.0 Å². The third-order valence-electron chi connectivity index (χ3n) is 3.22. The third kappa shape index (κ3) is 3.88. The number of hydrogen-bond donors (Lipinski definition) is 1. The topological polar surface area (TPSA) is 26.0 Å². The Labute approximate surface area is 112 Å². The van der Waals surface area contributed by atoms with Crippen LogP contribution in [0.1, 0.15) is 16.7 Å². The van der Waals surface area contributed by atoms with Crippen LogP contribution < -0.4 is 5.73 Å². The van der Waals surface area contributed by atoms with E-state index >= 15 is 0 Å². The molecule has 1 aromatic carbocycles. The van der Waals surface area contributed by atoms with Crippen LogP contribution in [0.5, 0.6) is 0 Å². The summed E-state index contributed by atoms with van der Waals surface area (Å²) in [5, 5.41) is 0. The first-order valence-electron chi connectivity index (χ1n) is 5.88. The van der Waals surface area contributed by atoms with Crippen LogP contribution in [0.25, 0.3) is 0 Å². The maximum Gasteiger partial charge on any atom is 0.402 e. The van der Waals surface area contributed by atoms with Crippen molar-refractivity contribution >= 4 is 0 Å². The second kappa shape index (κ2) is 5.63. The molecule has 0 heterocycles. The molecule has 0 fully saturated rings. The highest BCUT2D eigenvalue weighted by Crippen LogP contribution is 2.41. The van der Waals surface area contributed by atoms with Crippen molar-refractivity contribution in [3.05, 3.63) is 34.9 Å². The first-order chi connectivity index (χ1) is 8.94. The highest BCUT2D eigenvalue weighted by Gasteiger charge is 2.59. The summed E-state index contributed by atoms with van der Waals surface area (Å²) in [4.78, 5) is 0. The summed E-state index contributed by atoms with van der Waals surface area (Å²) < 4.78 is 75.4. The van der Waals surface area contributed by atoms with Gasteiger partial charge in [0.25, 0.3) is 0 Å². The molecular weight excluding hydrogens is 284 g/mol. The third-order valence-corrected chi connectivity index (χ3v) is 3.22. The Hall–Kier alpha value is -1.24. The van der Waals surface area contributed by atoms with Gasteiger partial charge in [0.2, 0.25) is 0 Å². The molecule has 0 aromatic heterocycles. The molecule has 1 nitrogen and oxygen atoms in total. The van der Waals surface area contributed by atoms with Crippen molar-refractivity contribution in [3.63, 3.8) is 0 Å². The standard InChI is InChI=1S/C13H15F6N/c1-7-4-3-5-8(2)9(7)6-10(20)11(12(14,15)16)13(17,18)19/h3-5,10-11H,6,20H2,1-2H3. The summed E-state index contributed by atoms with van der Waals surface area (Å²) in [5.74, 6) is -3.52. The minimum absolute atomic E-state index is 0.429. The van der Waals surface area contributed by atoms with Gasteiger partial charge in [-0.05, 0) is 37.0 Å². The number of aryl methyl sites for hydroxylation is 2. The lowest BCUT2D eigenvalue weighted by molar-refractivity contribution is -0.289. The Morgan fingerprint density at radius 2 is 1.35 bits per heavy atom. The van der Waals surface area contributed by atoms with Crippen LogP contribution in [-0.4, -0.2) is 18.4 Å². The average molecular weight is 299 g/mol. The van der Waals surface area contributed by atoms with E-state index in [2.05, 4.69) is 0 Å². The fourth-order valence-electron chi connectivity index (χ4n) is 2.20. The van der Waals surface area contributed by atoms with Crippen LogP contribution in [0.2, 0.25) is 0 Å². The van der Waals surface area contributed by atoms with Crippen LogP contribution in [0.4, 0.5) is 26.3 Å². The number of alkyl halides is 6. The molecule has 0 saturated carbocycles. The van der Waals surface area contributed by atoms with Gasteiger partial charge in [-0.25, -0.2) is 0 Å². The lowest BCUT2D eigenvalue weighted by Gasteiger charge is -2.29. The molecule has 1 aromatic rings. The van der Waals surface area contributed by atoms with Crippen molar-refractivity contribution in [3.8, 4) is 0 Å². The molecule has 1 atom stereocenters. The summed E-state index contributed by atoms with van der Waals surface area (Å²) >= 11 is 0. The number of hydrogen-bond acceptors (Lipinski definition) is 1. The second-order valence-corrected chi connectivity index (χ2v) is 4.80. The Morgan fingerprint density at radius 3 is 1.70 bits per heavy atom. The van der Waals surface area contributed by atoms with E-state index in [-0.39, 0.29) is 0 Å². The van der Waals surface area contributed by atoms with Crippen molar-refractivity contribution in [1.82, 2.24) is 0 Å². The van der Waals surface area contributed by atoms with Crippen LogP contribution in [0.15, 0.2) is 18.2 Å². The molecule has 0 radical (unpaired) electrons. The van der Waals surface area contributed by atoms with Gasteiger partial charge in [-0.15, -0.1) is 0 Å². The molecule has 0 spiro atoms. The highest BCUT2D eigenvalue weighted by molar-refractivity contribution is 5.34. The largest absolute Gasteiger partial charge is 0.402 e. The maximum atomic E-state index is 12.6. The first kappa shape index (κ1) is 16.8. The van der Waals surface area contributed by atoms with Gasteiger partial charge in [-0.1, -0.05) is 18.2 Å². The minimum Gasteiger partial charge on any atom is -0.327 e. The average Bonchev–Trinajstić information content (AvgIpc) is 2.19. The highest BCUT2D eigenvalue weighted by atomic mass is 19.4. The minimum atomic E-state index is -5.41. The lowest BCUT2D eigenvalue weighted by atomic mass is 9.89. The zero-order chi connectivity index (χ0) is 15.7. The van der Waals surface area contributed by atoms with Gasteiger partial charge in [-0.2, -0.15) is 26.3 Å². The molecule has 0 aliphatic heterocycles. The SMILES string of the molecule is Cc1cccc(C)c1CC(N)C(C(F)(F)F)C(F)(F)F. The normalized spacial score (nSPS) is 14.7. The van der Waals surface area contributed by atoms with Crippen molar-refractivity contribution in [2.45, 2.75) is 38.7 Å². The summed E-state index contributed by atoms with van der Waals surface area (Å²) in [6.07, 6.45) is -11.3. The molecule has 0 bridgehead atoms. The van der Waals surface area contributed by atoms with Crippen LogP contribution in [0, 0.1) is 19.8 Å². The monoisotopic (exact) mass is 299 g/mol. The summed E-state index contributed by atoms with van der Waals surface area (Å²) in [5.41, 5.74) is 6.91. The van der Waals surface area contributed by atoms with Gasteiger partial charge < -0.3 is 5.73 Å². The fourth-order valence-corrected chi connectivity index (χ4v) is 2.20. The summed E-state index contributed by atoms with van der Waals surface area (Å²) in [7, 11) is 0. The van der Waals surface area contributed by atoms with E-state index in [0.717, 1.165) is 0 Å². The number of rotatable bonds is 3. The molecule has 0 amide bonds. The van der Waals surface area contributed by atoms with Crippen molar-refractivity contribution in [1.29, 1.82) is 0 Å². The zero-order valence-corrected chi connectivity index (χ0v) is 10.9. The second-order valence-electron chi connectivity index (χ2n) is 4.80. The van der Waals surface area contributed by atoms with E-state index in [0.29, 0.717) is 16.7 Å². The molecule has 114 valence electrons. The van der Waals surface area contributed by atoms with Crippen molar-refractivity contribution < 1.29 is 26.3 Å². The first-order valence-corrected chi connectivity index (χ1v) is 5.88. The molecule has 0 saturated heterocycles. The lowest BCUT2D eigenvalue weighted by Crippen LogP contribution is -2.49. The Bertz CT molecular complexity index is 429. The van der Waals surface area contributed by atoms with Gasteiger partial charge >= 0.3 is 12.4 Å². The number of benzene rings is 1. The van der Waals surface area contributed by atoms with Gasteiger partial charge in [0, 0.05) is 6.04 Å². The molecule has 0 aliphatic rings. The zero-order valence-electron chi connectivity index (χ0n) is 10.9. The fraction of sp³-hybridized carbons (Fsp3) is 0.538. The van der Waals surface area contributed by atoms with E-state index in [1.165, 1.54) is 0 Å².